The molecule has 8 nitrogen and oxygen atoms in total. The molecular formula is C19H25N3O5S. The van der Waals surface area contributed by atoms with Crippen molar-refractivity contribution in [3.05, 3.63) is 35.8 Å². The molecule has 0 radical (unpaired) electrons. The van der Waals surface area contributed by atoms with Crippen molar-refractivity contribution in [1.29, 1.82) is 0 Å². The van der Waals surface area contributed by atoms with Gasteiger partial charge >= 0.3 is 0 Å². The lowest BCUT2D eigenvalue weighted by Crippen LogP contribution is -2.41. The molecule has 1 aromatic carbocycles. The first-order chi connectivity index (χ1) is 13.3. The quantitative estimate of drug-likeness (QED) is 0.726. The molecule has 2 aromatic rings. The number of hydrogen-bond acceptors (Lipinski definition) is 7. The molecule has 0 amide bonds. The number of ether oxygens (including phenoxy) is 3. The number of methoxy groups -OCH3 is 2. The molecule has 0 N–H and O–H groups in total. The standard InChI is InChI=1S/C19H25N3O5S/c1-13-11-19(21-14(2)20-13)27-15-7-9-22(10-8-15)28(23,24)18-6-5-16(25-3)12-17(18)26-4/h5-6,11-12,15H,7-10H2,1-4H3. The van der Waals surface area contributed by atoms with Gasteiger partial charge in [0.05, 0.1) is 14.2 Å². The molecular weight excluding hydrogens is 382 g/mol. The summed E-state index contributed by atoms with van der Waals surface area (Å²) in [4.78, 5) is 8.66. The zero-order valence-electron chi connectivity index (χ0n) is 16.5. The van der Waals surface area contributed by atoms with Crippen LogP contribution in [0.2, 0.25) is 0 Å². The molecule has 0 spiro atoms. The van der Waals surface area contributed by atoms with E-state index in [4.69, 9.17) is 14.2 Å². The molecule has 0 atom stereocenters. The first kappa shape index (κ1) is 20.3. The minimum atomic E-state index is -3.67. The van der Waals surface area contributed by atoms with Gasteiger partial charge in [-0.25, -0.2) is 13.4 Å². The van der Waals surface area contributed by atoms with E-state index in [0.717, 1.165) is 5.69 Å². The van der Waals surface area contributed by atoms with E-state index >= 15 is 0 Å². The molecule has 1 fully saturated rings. The van der Waals surface area contributed by atoms with E-state index in [-0.39, 0.29) is 16.7 Å². The van der Waals surface area contributed by atoms with Crippen LogP contribution in [0, 0.1) is 13.8 Å². The fraction of sp³-hybridized carbons (Fsp3) is 0.474. The van der Waals surface area contributed by atoms with E-state index in [2.05, 4.69) is 9.97 Å². The van der Waals surface area contributed by atoms with Crippen LogP contribution >= 0.6 is 0 Å². The average molecular weight is 407 g/mol. The molecule has 1 saturated heterocycles. The number of sulfonamides is 1. The summed E-state index contributed by atoms with van der Waals surface area (Å²) in [6, 6.07) is 6.49. The zero-order chi connectivity index (χ0) is 20.3. The predicted octanol–water partition coefficient (Wildman–Crippen LogP) is 2.34. The molecule has 0 unspecified atom stereocenters. The summed E-state index contributed by atoms with van der Waals surface area (Å²) in [7, 11) is -0.702. The van der Waals surface area contributed by atoms with E-state index in [0.29, 0.717) is 43.4 Å². The van der Waals surface area contributed by atoms with Crippen LogP contribution in [0.25, 0.3) is 0 Å². The van der Waals surface area contributed by atoms with Gasteiger partial charge in [0.25, 0.3) is 0 Å². The van der Waals surface area contributed by atoms with Crippen molar-refractivity contribution < 1.29 is 22.6 Å². The van der Waals surface area contributed by atoms with E-state index in [9.17, 15) is 8.42 Å². The molecule has 0 aliphatic carbocycles. The predicted molar refractivity (Wildman–Crippen MR) is 103 cm³/mol. The highest BCUT2D eigenvalue weighted by Crippen LogP contribution is 2.32. The Morgan fingerprint density at radius 3 is 2.36 bits per heavy atom. The molecule has 1 aliphatic rings. The van der Waals surface area contributed by atoms with Crippen molar-refractivity contribution in [2.45, 2.75) is 37.7 Å². The lowest BCUT2D eigenvalue weighted by molar-refractivity contribution is 0.129. The average Bonchev–Trinajstić information content (AvgIpc) is 2.67. The number of benzene rings is 1. The minimum Gasteiger partial charge on any atom is -0.497 e. The summed E-state index contributed by atoms with van der Waals surface area (Å²) in [6.45, 7) is 4.44. The number of nitrogens with zero attached hydrogens (tertiary/aromatic N) is 3. The van der Waals surface area contributed by atoms with Gasteiger partial charge in [-0.2, -0.15) is 9.29 Å². The van der Waals surface area contributed by atoms with Crippen LogP contribution in [-0.2, 0) is 10.0 Å². The third-order valence-corrected chi connectivity index (χ3v) is 6.56. The molecule has 3 rings (SSSR count). The first-order valence-electron chi connectivity index (χ1n) is 9.04. The van der Waals surface area contributed by atoms with E-state index in [1.807, 2.05) is 13.8 Å². The van der Waals surface area contributed by atoms with Crippen molar-refractivity contribution in [2.24, 2.45) is 0 Å². The van der Waals surface area contributed by atoms with Crippen LogP contribution in [0.1, 0.15) is 24.4 Å². The van der Waals surface area contributed by atoms with Crippen LogP contribution in [0.5, 0.6) is 17.4 Å². The van der Waals surface area contributed by atoms with Gasteiger partial charge in [0, 0.05) is 30.9 Å². The van der Waals surface area contributed by atoms with Gasteiger partial charge < -0.3 is 14.2 Å². The van der Waals surface area contributed by atoms with Crippen molar-refractivity contribution in [3.63, 3.8) is 0 Å². The Balaban J connectivity index is 1.70. The van der Waals surface area contributed by atoms with Gasteiger partial charge in [-0.15, -0.1) is 0 Å². The Hall–Kier alpha value is -2.39. The van der Waals surface area contributed by atoms with Crippen LogP contribution < -0.4 is 14.2 Å². The van der Waals surface area contributed by atoms with Gasteiger partial charge in [-0.3, -0.25) is 0 Å². The second-order valence-corrected chi connectivity index (χ2v) is 8.54. The Morgan fingerprint density at radius 2 is 1.75 bits per heavy atom. The smallest absolute Gasteiger partial charge is 0.246 e. The molecule has 0 saturated carbocycles. The number of hydrogen-bond donors (Lipinski definition) is 0. The molecule has 0 bridgehead atoms. The van der Waals surface area contributed by atoms with Crippen molar-refractivity contribution in [3.8, 4) is 17.4 Å². The Morgan fingerprint density at radius 1 is 1.04 bits per heavy atom. The van der Waals surface area contributed by atoms with E-state index in [1.54, 1.807) is 18.2 Å². The molecule has 152 valence electrons. The number of piperidine rings is 1. The first-order valence-corrected chi connectivity index (χ1v) is 10.5. The zero-order valence-corrected chi connectivity index (χ0v) is 17.3. The topological polar surface area (TPSA) is 90.9 Å². The molecule has 1 aromatic heterocycles. The van der Waals surface area contributed by atoms with E-state index < -0.39 is 10.0 Å². The van der Waals surface area contributed by atoms with Crippen LogP contribution in [0.3, 0.4) is 0 Å². The van der Waals surface area contributed by atoms with Crippen LogP contribution in [-0.4, -0.2) is 56.1 Å². The Labute approximate surface area is 165 Å². The van der Waals surface area contributed by atoms with Crippen LogP contribution in [0.4, 0.5) is 0 Å². The van der Waals surface area contributed by atoms with Gasteiger partial charge in [-0.1, -0.05) is 0 Å². The lowest BCUT2D eigenvalue weighted by Gasteiger charge is -2.31. The fourth-order valence-electron chi connectivity index (χ4n) is 3.23. The van der Waals surface area contributed by atoms with Gasteiger partial charge in [0.15, 0.2) is 0 Å². The van der Waals surface area contributed by atoms with Gasteiger partial charge in [-0.05, 0) is 38.8 Å². The van der Waals surface area contributed by atoms with Crippen molar-refractivity contribution in [2.75, 3.05) is 27.3 Å². The summed E-state index contributed by atoms with van der Waals surface area (Å²) >= 11 is 0. The summed E-state index contributed by atoms with van der Waals surface area (Å²) in [6.07, 6.45) is 1.08. The molecule has 2 heterocycles. The van der Waals surface area contributed by atoms with Crippen LogP contribution in [0.15, 0.2) is 29.2 Å². The van der Waals surface area contributed by atoms with Gasteiger partial charge in [0.2, 0.25) is 15.9 Å². The third kappa shape index (κ3) is 4.36. The largest absolute Gasteiger partial charge is 0.497 e. The molecule has 1 aliphatic heterocycles. The minimum absolute atomic E-state index is 0.0853. The number of aryl methyl sites for hydroxylation is 2. The highest BCUT2D eigenvalue weighted by Gasteiger charge is 2.32. The molecule has 9 heteroatoms. The second-order valence-electron chi connectivity index (χ2n) is 6.63. The lowest BCUT2D eigenvalue weighted by atomic mass is 10.1. The highest BCUT2D eigenvalue weighted by molar-refractivity contribution is 7.89. The monoisotopic (exact) mass is 407 g/mol. The number of rotatable bonds is 6. The maximum Gasteiger partial charge on any atom is 0.246 e. The van der Waals surface area contributed by atoms with Crippen molar-refractivity contribution >= 4 is 10.0 Å². The fourth-order valence-corrected chi connectivity index (χ4v) is 4.84. The second kappa shape index (κ2) is 8.32. The Bertz CT molecular complexity index is 920. The molecule has 28 heavy (non-hydrogen) atoms. The summed E-state index contributed by atoms with van der Waals surface area (Å²) in [5.41, 5.74) is 0.842. The normalized spacial score (nSPS) is 16.0. The summed E-state index contributed by atoms with van der Waals surface area (Å²) in [5, 5.41) is 0. The van der Waals surface area contributed by atoms with Gasteiger partial charge in [0.1, 0.15) is 28.3 Å². The maximum atomic E-state index is 13.1. The third-order valence-electron chi connectivity index (χ3n) is 4.62. The summed E-state index contributed by atoms with van der Waals surface area (Å²) in [5.74, 6) is 1.99. The van der Waals surface area contributed by atoms with Crippen molar-refractivity contribution in [1.82, 2.24) is 14.3 Å². The van der Waals surface area contributed by atoms with E-state index in [1.165, 1.54) is 24.6 Å². The Kier molecular flexibility index (Phi) is 6.04. The number of aromatic nitrogens is 2. The summed E-state index contributed by atoms with van der Waals surface area (Å²) < 4.78 is 43.9. The highest BCUT2D eigenvalue weighted by atomic mass is 32.2. The maximum absolute atomic E-state index is 13.1. The SMILES string of the molecule is COc1ccc(S(=O)(=O)N2CCC(Oc3cc(C)nc(C)n3)CC2)c(OC)c1.